The maximum atomic E-state index is 14.0. The highest BCUT2D eigenvalue weighted by Crippen LogP contribution is 2.31. The summed E-state index contributed by atoms with van der Waals surface area (Å²) in [6.45, 7) is -0.326. The summed E-state index contributed by atoms with van der Waals surface area (Å²) in [6, 6.07) is 15.6. The second-order valence-electron chi connectivity index (χ2n) is 5.83. The Morgan fingerprint density at radius 3 is 2.44 bits per heavy atom. The number of aliphatic hydroxyl groups excluding tert-OH is 1. The van der Waals surface area contributed by atoms with Gasteiger partial charge in [-0.05, 0) is 18.2 Å². The molecule has 1 aromatic heterocycles. The van der Waals surface area contributed by atoms with E-state index < -0.39 is 11.8 Å². The number of carbonyl (C=O) groups is 1. The lowest BCUT2D eigenvalue weighted by Gasteiger charge is -2.21. The molecule has 138 valence electrons. The zero-order valence-corrected chi connectivity index (χ0v) is 15.0. The number of halogens is 2. The number of hydrogen-bond acceptors (Lipinski definition) is 3. The molecule has 0 aliphatic carbocycles. The largest absolute Gasteiger partial charge is 0.392 e. The number of anilines is 1. The maximum Gasteiger partial charge on any atom is 0.320 e. The number of amides is 2. The third-order valence-corrected chi connectivity index (χ3v) is 4.42. The fourth-order valence-electron chi connectivity index (χ4n) is 2.71. The molecule has 0 fully saturated rings. The lowest BCUT2D eigenvalue weighted by Crippen LogP contribution is -2.36. The van der Waals surface area contributed by atoms with Gasteiger partial charge in [-0.2, -0.15) is 0 Å². The molecule has 0 saturated heterocycles. The highest BCUT2D eigenvalue weighted by molar-refractivity contribution is 6.33. The summed E-state index contributed by atoms with van der Waals surface area (Å²) < 4.78 is 14.0. The smallest absolute Gasteiger partial charge is 0.320 e. The average Bonchev–Trinajstić information content (AvgIpc) is 2.67. The van der Waals surface area contributed by atoms with E-state index in [-0.39, 0.29) is 19.0 Å². The molecule has 1 heterocycles. The van der Waals surface area contributed by atoms with E-state index in [0.29, 0.717) is 27.4 Å². The SMILES string of the molecule is NC(=O)N(Cc1ccccc1F)c1ccc(CO)c(-c2ccccc2Cl)n1. The quantitative estimate of drug-likeness (QED) is 0.693. The predicted molar refractivity (Wildman–Crippen MR) is 103 cm³/mol. The van der Waals surface area contributed by atoms with Crippen LogP contribution in [0.3, 0.4) is 0 Å². The predicted octanol–water partition coefficient (Wildman–Crippen LogP) is 4.12. The van der Waals surface area contributed by atoms with Crippen LogP contribution >= 0.6 is 11.6 Å². The van der Waals surface area contributed by atoms with Crippen LogP contribution in [0, 0.1) is 5.82 Å². The molecule has 0 radical (unpaired) electrons. The number of nitrogens with zero attached hydrogens (tertiary/aromatic N) is 2. The molecule has 0 bridgehead atoms. The van der Waals surface area contributed by atoms with Gasteiger partial charge in [0, 0.05) is 21.7 Å². The Kier molecular flexibility index (Phi) is 5.69. The summed E-state index contributed by atoms with van der Waals surface area (Å²) in [5.74, 6) is -0.208. The topological polar surface area (TPSA) is 79.5 Å². The summed E-state index contributed by atoms with van der Waals surface area (Å²) in [4.78, 5) is 17.6. The molecule has 0 atom stereocenters. The van der Waals surface area contributed by atoms with Crippen LogP contribution in [0.15, 0.2) is 60.7 Å². The number of nitrogens with two attached hydrogens (primary N) is 1. The molecule has 3 N–H and O–H groups in total. The monoisotopic (exact) mass is 385 g/mol. The van der Waals surface area contributed by atoms with Crippen LogP contribution in [0.1, 0.15) is 11.1 Å². The number of urea groups is 1. The van der Waals surface area contributed by atoms with E-state index in [0.717, 1.165) is 0 Å². The van der Waals surface area contributed by atoms with Gasteiger partial charge in [0.15, 0.2) is 0 Å². The Bertz CT molecular complexity index is 981. The highest BCUT2D eigenvalue weighted by Gasteiger charge is 2.19. The lowest BCUT2D eigenvalue weighted by atomic mass is 10.1. The third-order valence-electron chi connectivity index (χ3n) is 4.09. The van der Waals surface area contributed by atoms with E-state index in [1.165, 1.54) is 11.0 Å². The van der Waals surface area contributed by atoms with Crippen LogP contribution < -0.4 is 10.6 Å². The van der Waals surface area contributed by atoms with E-state index in [4.69, 9.17) is 17.3 Å². The fourth-order valence-corrected chi connectivity index (χ4v) is 2.94. The molecular formula is C20H17ClFN3O2. The van der Waals surface area contributed by atoms with Gasteiger partial charge >= 0.3 is 6.03 Å². The van der Waals surface area contributed by atoms with Crippen molar-refractivity contribution in [3.05, 3.63) is 82.6 Å². The Morgan fingerprint density at radius 1 is 1.07 bits per heavy atom. The lowest BCUT2D eigenvalue weighted by molar-refractivity contribution is 0.253. The first-order valence-corrected chi connectivity index (χ1v) is 8.55. The van der Waals surface area contributed by atoms with Crippen LogP contribution in [0.5, 0.6) is 0 Å². The van der Waals surface area contributed by atoms with Gasteiger partial charge in [0.1, 0.15) is 11.6 Å². The minimum atomic E-state index is -0.771. The Labute approximate surface area is 160 Å². The number of aromatic nitrogens is 1. The third kappa shape index (κ3) is 4.07. The van der Waals surface area contributed by atoms with Crippen LogP contribution in [-0.4, -0.2) is 16.1 Å². The number of rotatable bonds is 5. The Morgan fingerprint density at radius 2 is 1.78 bits per heavy atom. The number of carbonyl (C=O) groups excluding carboxylic acids is 1. The van der Waals surface area contributed by atoms with Crippen molar-refractivity contribution in [2.75, 3.05) is 4.90 Å². The van der Waals surface area contributed by atoms with Crippen molar-refractivity contribution in [3.8, 4) is 11.3 Å². The van der Waals surface area contributed by atoms with Crippen molar-refractivity contribution < 1.29 is 14.3 Å². The number of pyridine rings is 1. The Balaban J connectivity index is 2.06. The molecule has 2 amide bonds. The zero-order chi connectivity index (χ0) is 19.4. The van der Waals surface area contributed by atoms with Crippen LogP contribution in [0.4, 0.5) is 15.0 Å². The molecule has 0 unspecified atom stereocenters. The molecule has 2 aromatic carbocycles. The first kappa shape index (κ1) is 18.8. The first-order chi connectivity index (χ1) is 13.0. The second kappa shape index (κ2) is 8.16. The minimum absolute atomic E-state index is 0.0740. The van der Waals surface area contributed by atoms with Crippen LogP contribution in [-0.2, 0) is 13.2 Å². The van der Waals surface area contributed by atoms with Crippen LogP contribution in [0.2, 0.25) is 5.02 Å². The summed E-state index contributed by atoms with van der Waals surface area (Å²) >= 11 is 6.26. The summed E-state index contributed by atoms with van der Waals surface area (Å²) in [6.07, 6.45) is 0. The van der Waals surface area contributed by atoms with E-state index >= 15 is 0 Å². The van der Waals surface area contributed by atoms with Crippen molar-refractivity contribution in [1.29, 1.82) is 0 Å². The van der Waals surface area contributed by atoms with E-state index in [1.54, 1.807) is 54.6 Å². The fraction of sp³-hybridized carbons (Fsp3) is 0.100. The minimum Gasteiger partial charge on any atom is -0.392 e. The van der Waals surface area contributed by atoms with Crippen molar-refractivity contribution >= 4 is 23.4 Å². The van der Waals surface area contributed by atoms with Crippen molar-refractivity contribution in [3.63, 3.8) is 0 Å². The summed E-state index contributed by atoms with van der Waals surface area (Å²) in [7, 11) is 0. The van der Waals surface area contributed by atoms with Gasteiger partial charge in [-0.25, -0.2) is 14.2 Å². The summed E-state index contributed by atoms with van der Waals surface area (Å²) in [5.41, 5.74) is 7.40. The molecule has 7 heteroatoms. The number of aliphatic hydroxyl groups is 1. The van der Waals surface area contributed by atoms with E-state index in [2.05, 4.69) is 4.98 Å². The van der Waals surface area contributed by atoms with Crippen molar-refractivity contribution in [2.24, 2.45) is 5.73 Å². The van der Waals surface area contributed by atoms with Crippen molar-refractivity contribution in [2.45, 2.75) is 13.2 Å². The molecule has 5 nitrogen and oxygen atoms in total. The molecular weight excluding hydrogens is 369 g/mol. The van der Waals surface area contributed by atoms with Gasteiger partial charge in [0.2, 0.25) is 0 Å². The molecule has 3 aromatic rings. The van der Waals surface area contributed by atoms with Crippen LogP contribution in [0.25, 0.3) is 11.3 Å². The number of hydrogen-bond donors (Lipinski definition) is 2. The van der Waals surface area contributed by atoms with E-state index in [1.807, 2.05) is 0 Å². The molecule has 3 rings (SSSR count). The van der Waals surface area contributed by atoms with Gasteiger partial charge in [0.25, 0.3) is 0 Å². The van der Waals surface area contributed by atoms with Gasteiger partial charge in [0.05, 0.1) is 18.8 Å². The zero-order valence-electron chi connectivity index (χ0n) is 14.3. The maximum absolute atomic E-state index is 14.0. The number of primary amides is 1. The number of benzene rings is 2. The Hall–Kier alpha value is -2.96. The molecule has 27 heavy (non-hydrogen) atoms. The van der Waals surface area contributed by atoms with Gasteiger partial charge in [-0.15, -0.1) is 0 Å². The first-order valence-electron chi connectivity index (χ1n) is 8.17. The summed E-state index contributed by atoms with van der Waals surface area (Å²) in [5, 5.41) is 10.1. The van der Waals surface area contributed by atoms with Gasteiger partial charge in [-0.3, -0.25) is 4.90 Å². The van der Waals surface area contributed by atoms with Crippen molar-refractivity contribution in [1.82, 2.24) is 4.98 Å². The van der Waals surface area contributed by atoms with Gasteiger partial charge < -0.3 is 10.8 Å². The molecule has 0 spiro atoms. The molecule has 0 aliphatic rings. The standard InChI is InChI=1S/C20H17ClFN3O2/c21-16-7-3-2-6-15(16)19-14(12-26)9-10-18(24-19)25(20(23)27)11-13-5-1-4-8-17(13)22/h1-10,26H,11-12H2,(H2,23,27). The van der Waals surface area contributed by atoms with E-state index in [9.17, 15) is 14.3 Å². The molecule has 0 aliphatic heterocycles. The van der Waals surface area contributed by atoms with Gasteiger partial charge in [-0.1, -0.05) is 54.1 Å². The normalized spacial score (nSPS) is 10.6. The highest BCUT2D eigenvalue weighted by atomic mass is 35.5. The molecule has 0 saturated carbocycles. The average molecular weight is 386 g/mol. The second-order valence-corrected chi connectivity index (χ2v) is 6.24.